The van der Waals surface area contributed by atoms with Gasteiger partial charge in [0, 0.05) is 0 Å². The van der Waals surface area contributed by atoms with Gasteiger partial charge in [0.25, 0.3) is 0 Å². The molecule has 0 heterocycles. The Labute approximate surface area is 87.9 Å². The van der Waals surface area contributed by atoms with E-state index in [2.05, 4.69) is 0 Å². The Morgan fingerprint density at radius 3 is 0.750 bits per heavy atom. The van der Waals surface area contributed by atoms with Crippen molar-refractivity contribution in [3.8, 4) is 0 Å². The summed E-state index contributed by atoms with van der Waals surface area (Å²) in [5.74, 6) is 0. The van der Waals surface area contributed by atoms with Crippen molar-refractivity contribution in [1.29, 1.82) is 0 Å². The van der Waals surface area contributed by atoms with E-state index in [4.69, 9.17) is 0 Å². The third-order valence-corrected chi connectivity index (χ3v) is 0. The molecule has 0 nitrogen and oxygen atoms in total. The summed E-state index contributed by atoms with van der Waals surface area (Å²) in [4.78, 5) is 0. The fourth-order valence-corrected chi connectivity index (χ4v) is 0. The first kappa shape index (κ1) is 30.0. The van der Waals surface area contributed by atoms with Gasteiger partial charge in [-0.05, 0) is 0 Å². The van der Waals surface area contributed by atoms with Gasteiger partial charge in [0.15, 0.2) is 0 Å². The average molecular weight is 224 g/mol. The molecule has 0 N–H and O–H groups in total. The number of hydrogen-bond acceptors (Lipinski definition) is 0. The first-order valence-electron chi connectivity index (χ1n) is 0. The zero-order valence-electron chi connectivity index (χ0n) is 2.17. The van der Waals surface area contributed by atoms with Gasteiger partial charge in [0.1, 0.15) is 0 Å². The molecule has 0 amide bonds. The van der Waals surface area contributed by atoms with E-state index in [0.717, 1.165) is 0 Å². The van der Waals surface area contributed by atoms with Gasteiger partial charge in [-0.25, -0.2) is 0 Å². The van der Waals surface area contributed by atoms with Gasteiger partial charge in [-0.3, -0.25) is 0 Å². The molecule has 0 rings (SSSR count). The van der Waals surface area contributed by atoms with Crippen LogP contribution >= 0.6 is 0 Å². The topological polar surface area (TPSA) is 0 Å². The maximum Gasteiger partial charge on any atom is 2.00 e. The van der Waals surface area contributed by atoms with Crippen molar-refractivity contribution in [2.24, 2.45) is 0 Å². The van der Waals surface area contributed by atoms with Gasteiger partial charge < -0.3 is 24.8 Å². The minimum atomic E-state index is 0. The van der Waals surface area contributed by atoms with Crippen LogP contribution in [0.25, 0.3) is 0 Å². The quantitative estimate of drug-likeness (QED) is 0.359. The monoisotopic (exact) mass is 222 g/mol. The van der Waals surface area contributed by atoms with Crippen LogP contribution in [-0.4, -0.2) is 45.5 Å². The molecule has 0 saturated heterocycles. The molecule has 0 saturated carbocycles. The van der Waals surface area contributed by atoms with Gasteiger partial charge in [0.2, 0.25) is 0 Å². The van der Waals surface area contributed by atoms with Crippen molar-refractivity contribution >= 4 is 45.5 Å². The molecular weight excluding hydrogens is 224 g/mol. The molecule has 0 aliphatic rings. The van der Waals surface area contributed by atoms with E-state index in [1.54, 1.807) is 0 Å². The Kier molecular flexibility index (Phi) is 130. The van der Waals surface area contributed by atoms with Crippen molar-refractivity contribution in [2.45, 2.75) is 0 Å². The summed E-state index contributed by atoms with van der Waals surface area (Å²) < 4.78 is 0. The summed E-state index contributed by atoms with van der Waals surface area (Å²) in [6.45, 7) is 0. The number of halogens is 2. The van der Waals surface area contributed by atoms with E-state index < -0.39 is 0 Å². The standard InChI is InChI=1S/2ClH.Sr.Zn/h2*1H;;/q;;2*+2/p-2. The summed E-state index contributed by atoms with van der Waals surface area (Å²) in [5, 5.41) is 0. The molecular formula is Cl2SrZn+2. The van der Waals surface area contributed by atoms with Crippen LogP contribution in [0.1, 0.15) is 0 Å². The Bertz CT molecular complexity index is 6.00. The maximum absolute atomic E-state index is 0. The first-order chi connectivity index (χ1) is 0. The van der Waals surface area contributed by atoms with E-state index in [1.807, 2.05) is 0 Å². The third kappa shape index (κ3) is 8.82. The third-order valence-electron chi connectivity index (χ3n) is 0. The average Bonchev–Trinajstić information content (AvgIpc) is 0. The first-order valence-corrected chi connectivity index (χ1v) is 0. The molecule has 0 radical (unpaired) electrons. The molecule has 0 aromatic heterocycles. The number of rotatable bonds is 0. The van der Waals surface area contributed by atoms with Crippen molar-refractivity contribution in [2.75, 3.05) is 0 Å². The fourth-order valence-electron chi connectivity index (χ4n) is 0. The van der Waals surface area contributed by atoms with E-state index in [9.17, 15) is 0 Å². The zero-order chi connectivity index (χ0) is 0. The largest absolute Gasteiger partial charge is 2.00 e. The van der Waals surface area contributed by atoms with E-state index in [1.165, 1.54) is 0 Å². The van der Waals surface area contributed by atoms with Crippen LogP contribution < -0.4 is 24.8 Å². The van der Waals surface area contributed by atoms with Gasteiger partial charge in [-0.15, -0.1) is 0 Å². The molecule has 16 valence electrons. The SMILES string of the molecule is [Cl-].[Cl-].[Sr+2].[Zn+2]. The van der Waals surface area contributed by atoms with E-state index >= 15 is 0 Å². The van der Waals surface area contributed by atoms with Crippen LogP contribution in [0.4, 0.5) is 0 Å². The second-order valence-electron chi connectivity index (χ2n) is 0. The minimum Gasteiger partial charge on any atom is -1.00 e. The maximum atomic E-state index is 0. The van der Waals surface area contributed by atoms with Crippen molar-refractivity contribution in [3.05, 3.63) is 0 Å². The fraction of sp³-hybridized carbons (Fsp3) is 0. The smallest absolute Gasteiger partial charge is 1.00 e. The van der Waals surface area contributed by atoms with Gasteiger partial charge in [-0.2, -0.15) is 0 Å². The summed E-state index contributed by atoms with van der Waals surface area (Å²) >= 11 is 0. The van der Waals surface area contributed by atoms with Crippen LogP contribution in [-0.2, 0) is 19.5 Å². The Morgan fingerprint density at radius 2 is 0.750 bits per heavy atom. The van der Waals surface area contributed by atoms with Crippen molar-refractivity contribution < 1.29 is 44.3 Å². The summed E-state index contributed by atoms with van der Waals surface area (Å²) in [6.07, 6.45) is 0. The molecule has 0 spiro atoms. The van der Waals surface area contributed by atoms with Gasteiger partial charge in [-0.1, -0.05) is 0 Å². The molecule has 0 aromatic rings. The second kappa shape index (κ2) is 17.3. The Hall–Kier alpha value is 2.68. The van der Waals surface area contributed by atoms with E-state index in [-0.39, 0.29) is 89.8 Å². The summed E-state index contributed by atoms with van der Waals surface area (Å²) in [7, 11) is 0. The Balaban J connectivity index is 0. The molecule has 4 heavy (non-hydrogen) atoms. The summed E-state index contributed by atoms with van der Waals surface area (Å²) in [6, 6.07) is 0. The molecule has 4 heteroatoms. The van der Waals surface area contributed by atoms with Gasteiger partial charge >= 0.3 is 65.0 Å². The van der Waals surface area contributed by atoms with Crippen LogP contribution in [0.5, 0.6) is 0 Å². The molecule has 0 atom stereocenters. The van der Waals surface area contributed by atoms with Crippen LogP contribution in [0.2, 0.25) is 0 Å². The van der Waals surface area contributed by atoms with Crippen LogP contribution in [0, 0.1) is 0 Å². The van der Waals surface area contributed by atoms with Crippen molar-refractivity contribution in [1.82, 2.24) is 0 Å². The molecule has 0 fully saturated rings. The predicted molar refractivity (Wildman–Crippen MR) is 5.75 cm³/mol. The van der Waals surface area contributed by atoms with Crippen LogP contribution in [0.3, 0.4) is 0 Å². The molecule has 0 unspecified atom stereocenters. The minimum absolute atomic E-state index is 0. The Morgan fingerprint density at radius 1 is 0.750 bits per heavy atom. The second-order valence-corrected chi connectivity index (χ2v) is 0. The van der Waals surface area contributed by atoms with E-state index in [0.29, 0.717) is 0 Å². The summed E-state index contributed by atoms with van der Waals surface area (Å²) in [5.41, 5.74) is 0. The van der Waals surface area contributed by atoms with Crippen molar-refractivity contribution in [3.63, 3.8) is 0 Å². The predicted octanol–water partition coefficient (Wildman–Crippen LogP) is -6.38. The molecule has 0 aliphatic carbocycles. The molecule has 0 aliphatic heterocycles. The van der Waals surface area contributed by atoms with Gasteiger partial charge in [0.05, 0.1) is 0 Å². The zero-order valence-corrected chi connectivity index (χ0v) is 10.1. The van der Waals surface area contributed by atoms with Crippen LogP contribution in [0.15, 0.2) is 0 Å². The number of hydrogen-bond donors (Lipinski definition) is 0. The molecule has 0 bridgehead atoms. The normalized spacial score (nSPS) is 0. The molecule has 0 aromatic carbocycles.